The topological polar surface area (TPSA) is 47.9 Å². The molecule has 23 heavy (non-hydrogen) atoms. The van der Waals surface area contributed by atoms with E-state index in [1.54, 1.807) is 0 Å². The standard InChI is InChI=1S/C18H29N3OS/c1-4-19-18(21-9-10-23-17(12-21)14(2)3)20-11-15-7-5-6-8-16(15)13-22/h5-8,14,17,22H,4,9-13H2,1-3H3,(H,19,20). The molecule has 0 saturated carbocycles. The third-order valence-electron chi connectivity index (χ3n) is 4.16. The predicted octanol–water partition coefficient (Wildman–Crippen LogP) is 2.72. The molecular formula is C18H29N3OS. The maximum absolute atomic E-state index is 9.45. The largest absolute Gasteiger partial charge is 0.392 e. The highest BCUT2D eigenvalue weighted by molar-refractivity contribution is 8.00. The van der Waals surface area contributed by atoms with Gasteiger partial charge in [-0.15, -0.1) is 0 Å². The van der Waals surface area contributed by atoms with Gasteiger partial charge in [0.15, 0.2) is 5.96 Å². The van der Waals surface area contributed by atoms with E-state index in [4.69, 9.17) is 4.99 Å². The van der Waals surface area contributed by atoms with Gasteiger partial charge in [0.05, 0.1) is 13.2 Å². The first kappa shape index (κ1) is 18.1. The summed E-state index contributed by atoms with van der Waals surface area (Å²) in [5.41, 5.74) is 2.05. The zero-order valence-corrected chi connectivity index (χ0v) is 15.3. The maximum atomic E-state index is 9.45. The van der Waals surface area contributed by atoms with Crippen LogP contribution in [0.25, 0.3) is 0 Å². The SMILES string of the molecule is CCNC(=NCc1ccccc1CO)N1CCSC(C(C)C)C1. The molecule has 5 heteroatoms. The number of nitrogens with one attached hydrogen (secondary N) is 1. The Bertz CT molecular complexity index is 519. The van der Waals surface area contributed by atoms with Crippen molar-refractivity contribution in [1.29, 1.82) is 0 Å². The van der Waals surface area contributed by atoms with E-state index in [-0.39, 0.29) is 6.61 Å². The predicted molar refractivity (Wildman–Crippen MR) is 99.8 cm³/mol. The van der Waals surface area contributed by atoms with Crippen molar-refractivity contribution < 1.29 is 5.11 Å². The molecule has 128 valence electrons. The molecule has 1 aromatic carbocycles. The average molecular weight is 336 g/mol. The molecule has 0 bridgehead atoms. The zero-order chi connectivity index (χ0) is 16.7. The van der Waals surface area contributed by atoms with Crippen molar-refractivity contribution in [2.75, 3.05) is 25.4 Å². The van der Waals surface area contributed by atoms with E-state index < -0.39 is 0 Å². The molecule has 0 aromatic heterocycles. The van der Waals surface area contributed by atoms with Crippen LogP contribution in [0.4, 0.5) is 0 Å². The van der Waals surface area contributed by atoms with Crippen LogP contribution in [-0.2, 0) is 13.2 Å². The molecular weight excluding hydrogens is 306 g/mol. The third-order valence-corrected chi connectivity index (χ3v) is 5.70. The molecule has 1 aliphatic heterocycles. The van der Waals surface area contributed by atoms with Crippen molar-refractivity contribution in [3.05, 3.63) is 35.4 Å². The second-order valence-corrected chi connectivity index (χ2v) is 7.54. The molecule has 1 aromatic rings. The first-order chi connectivity index (χ1) is 11.2. The van der Waals surface area contributed by atoms with Gasteiger partial charge in [0.1, 0.15) is 0 Å². The van der Waals surface area contributed by atoms with Crippen molar-refractivity contribution in [2.45, 2.75) is 39.2 Å². The van der Waals surface area contributed by atoms with Gasteiger partial charge in [-0.2, -0.15) is 11.8 Å². The summed E-state index contributed by atoms with van der Waals surface area (Å²) in [5, 5.41) is 13.5. The van der Waals surface area contributed by atoms with Gasteiger partial charge in [-0.1, -0.05) is 38.1 Å². The molecule has 1 fully saturated rings. The van der Waals surface area contributed by atoms with Gasteiger partial charge in [0, 0.05) is 30.6 Å². The number of thioether (sulfide) groups is 1. The van der Waals surface area contributed by atoms with Crippen LogP contribution in [0.15, 0.2) is 29.3 Å². The van der Waals surface area contributed by atoms with E-state index >= 15 is 0 Å². The summed E-state index contributed by atoms with van der Waals surface area (Å²) in [7, 11) is 0. The van der Waals surface area contributed by atoms with E-state index in [0.717, 1.165) is 42.5 Å². The minimum absolute atomic E-state index is 0.0675. The van der Waals surface area contributed by atoms with Crippen LogP contribution >= 0.6 is 11.8 Å². The van der Waals surface area contributed by atoms with Gasteiger partial charge in [0.25, 0.3) is 0 Å². The molecule has 4 nitrogen and oxygen atoms in total. The van der Waals surface area contributed by atoms with Gasteiger partial charge >= 0.3 is 0 Å². The Labute approximate surface area is 144 Å². The van der Waals surface area contributed by atoms with Gasteiger partial charge in [0.2, 0.25) is 0 Å². The summed E-state index contributed by atoms with van der Waals surface area (Å²) in [6.07, 6.45) is 0. The molecule has 1 heterocycles. The van der Waals surface area contributed by atoms with Crippen LogP contribution in [0.2, 0.25) is 0 Å². The molecule has 0 amide bonds. The summed E-state index contributed by atoms with van der Waals surface area (Å²) in [6, 6.07) is 7.97. The Morgan fingerprint density at radius 2 is 2.13 bits per heavy atom. The van der Waals surface area contributed by atoms with Crippen molar-refractivity contribution in [2.24, 2.45) is 10.9 Å². The molecule has 1 aliphatic rings. The number of aliphatic hydroxyl groups excluding tert-OH is 1. The zero-order valence-electron chi connectivity index (χ0n) is 14.5. The quantitative estimate of drug-likeness (QED) is 0.642. The van der Waals surface area contributed by atoms with Gasteiger partial charge in [-0.25, -0.2) is 4.99 Å². The number of guanidine groups is 1. The number of benzene rings is 1. The molecule has 1 atom stereocenters. The molecule has 0 spiro atoms. The molecule has 1 unspecified atom stereocenters. The van der Waals surface area contributed by atoms with E-state index in [1.807, 2.05) is 24.3 Å². The number of nitrogens with zero attached hydrogens (tertiary/aromatic N) is 2. The monoisotopic (exact) mass is 335 g/mol. The Hall–Kier alpha value is -1.20. The number of aliphatic imine (C=N–C) groups is 1. The van der Waals surface area contributed by atoms with Crippen molar-refractivity contribution in [3.8, 4) is 0 Å². The van der Waals surface area contributed by atoms with Crippen LogP contribution in [0.1, 0.15) is 31.9 Å². The Morgan fingerprint density at radius 1 is 1.39 bits per heavy atom. The smallest absolute Gasteiger partial charge is 0.194 e. The normalized spacial score (nSPS) is 19.3. The maximum Gasteiger partial charge on any atom is 0.194 e. The van der Waals surface area contributed by atoms with E-state index in [2.05, 4.69) is 42.7 Å². The van der Waals surface area contributed by atoms with Crippen molar-refractivity contribution in [3.63, 3.8) is 0 Å². The second-order valence-electron chi connectivity index (χ2n) is 6.20. The highest BCUT2D eigenvalue weighted by atomic mass is 32.2. The number of aliphatic hydroxyl groups is 1. The van der Waals surface area contributed by atoms with Crippen molar-refractivity contribution >= 4 is 17.7 Å². The first-order valence-corrected chi connectivity index (χ1v) is 9.53. The van der Waals surface area contributed by atoms with Crippen LogP contribution in [0.3, 0.4) is 0 Å². The van der Waals surface area contributed by atoms with E-state index in [9.17, 15) is 5.11 Å². The van der Waals surface area contributed by atoms with Gasteiger partial charge in [-0.05, 0) is 24.0 Å². The number of rotatable bonds is 5. The van der Waals surface area contributed by atoms with E-state index in [0.29, 0.717) is 17.7 Å². The summed E-state index contributed by atoms with van der Waals surface area (Å²) in [4.78, 5) is 7.20. The lowest BCUT2D eigenvalue weighted by atomic mass is 10.1. The highest BCUT2D eigenvalue weighted by Crippen LogP contribution is 2.25. The Morgan fingerprint density at radius 3 is 2.78 bits per heavy atom. The minimum atomic E-state index is 0.0675. The summed E-state index contributed by atoms with van der Waals surface area (Å²) >= 11 is 2.07. The fourth-order valence-electron chi connectivity index (χ4n) is 2.72. The number of hydrogen-bond donors (Lipinski definition) is 2. The van der Waals surface area contributed by atoms with Crippen LogP contribution < -0.4 is 5.32 Å². The molecule has 2 rings (SSSR count). The fraction of sp³-hybridized carbons (Fsp3) is 0.611. The Balaban J connectivity index is 2.10. The molecule has 2 N–H and O–H groups in total. The average Bonchev–Trinajstić information content (AvgIpc) is 2.59. The third kappa shape index (κ3) is 5.15. The lowest BCUT2D eigenvalue weighted by Gasteiger charge is -2.36. The van der Waals surface area contributed by atoms with Crippen LogP contribution in [0.5, 0.6) is 0 Å². The van der Waals surface area contributed by atoms with Crippen molar-refractivity contribution in [1.82, 2.24) is 10.2 Å². The molecule has 1 saturated heterocycles. The lowest BCUT2D eigenvalue weighted by Crippen LogP contribution is -2.49. The summed E-state index contributed by atoms with van der Waals surface area (Å²) in [5.74, 6) is 2.83. The number of hydrogen-bond acceptors (Lipinski definition) is 3. The minimum Gasteiger partial charge on any atom is -0.392 e. The summed E-state index contributed by atoms with van der Waals surface area (Å²) < 4.78 is 0. The molecule has 0 aliphatic carbocycles. The lowest BCUT2D eigenvalue weighted by molar-refractivity contribution is 0.280. The van der Waals surface area contributed by atoms with Gasteiger partial charge in [-0.3, -0.25) is 0 Å². The highest BCUT2D eigenvalue weighted by Gasteiger charge is 2.24. The van der Waals surface area contributed by atoms with Crippen LogP contribution in [-0.4, -0.2) is 46.6 Å². The first-order valence-electron chi connectivity index (χ1n) is 8.48. The Kier molecular flexibility index (Phi) is 7.24. The summed E-state index contributed by atoms with van der Waals surface area (Å²) in [6.45, 7) is 10.3. The second kappa shape index (κ2) is 9.18. The van der Waals surface area contributed by atoms with Crippen LogP contribution in [0, 0.1) is 5.92 Å². The van der Waals surface area contributed by atoms with Gasteiger partial charge < -0.3 is 15.3 Å². The fourth-order valence-corrected chi connectivity index (χ4v) is 4.02. The molecule has 0 radical (unpaired) electrons. The van der Waals surface area contributed by atoms with E-state index in [1.165, 1.54) is 0 Å².